The van der Waals surface area contributed by atoms with E-state index in [9.17, 15) is 0 Å². The van der Waals surface area contributed by atoms with Gasteiger partial charge >= 0.3 is 0 Å². The molecule has 0 aromatic rings. The molecule has 4 unspecified atom stereocenters. The van der Waals surface area contributed by atoms with Crippen LogP contribution in [-0.4, -0.2) is 11.0 Å². The van der Waals surface area contributed by atoms with Crippen molar-refractivity contribution in [3.8, 4) is 0 Å². The van der Waals surface area contributed by atoms with Crippen molar-refractivity contribution in [2.24, 2.45) is 17.8 Å². The van der Waals surface area contributed by atoms with Crippen molar-refractivity contribution in [1.29, 1.82) is 0 Å². The maximum atomic E-state index is 4.12. The third-order valence-corrected chi connectivity index (χ3v) is 6.60. The Morgan fingerprint density at radius 3 is 2.19 bits per heavy atom. The Bertz CT molecular complexity index is 490. The van der Waals surface area contributed by atoms with E-state index in [0.717, 1.165) is 30.1 Å². The molecule has 0 nitrogen and oxygen atoms in total. The van der Waals surface area contributed by atoms with E-state index in [1.807, 2.05) is 17.8 Å². The lowest BCUT2D eigenvalue weighted by Gasteiger charge is -2.27. The van der Waals surface area contributed by atoms with Crippen molar-refractivity contribution in [3.05, 3.63) is 60.8 Å². The van der Waals surface area contributed by atoms with Gasteiger partial charge in [-0.1, -0.05) is 95.7 Å². The first-order valence-corrected chi connectivity index (χ1v) is 11.2. The highest BCUT2D eigenvalue weighted by molar-refractivity contribution is 8.00. The second-order valence-electron chi connectivity index (χ2n) is 7.86. The van der Waals surface area contributed by atoms with Crippen LogP contribution in [-0.2, 0) is 0 Å². The van der Waals surface area contributed by atoms with E-state index in [0.29, 0.717) is 17.1 Å². The molecular formula is C25H42S. The van der Waals surface area contributed by atoms with Crippen molar-refractivity contribution < 1.29 is 0 Å². The Labute approximate surface area is 168 Å². The molecule has 0 bridgehead atoms. The molecule has 0 amide bonds. The van der Waals surface area contributed by atoms with E-state index in [1.165, 1.54) is 24.0 Å². The summed E-state index contributed by atoms with van der Waals surface area (Å²) in [6.45, 7) is 25.8. The van der Waals surface area contributed by atoms with Gasteiger partial charge < -0.3 is 0 Å². The average molecular weight is 375 g/mol. The van der Waals surface area contributed by atoms with Crippen LogP contribution < -0.4 is 0 Å². The lowest BCUT2D eigenvalue weighted by Crippen LogP contribution is -2.18. The summed E-state index contributed by atoms with van der Waals surface area (Å²) in [4.78, 5) is 0. The molecule has 148 valence electrons. The van der Waals surface area contributed by atoms with Crippen molar-refractivity contribution in [2.75, 3.05) is 5.75 Å². The van der Waals surface area contributed by atoms with E-state index < -0.39 is 0 Å². The number of hydrogen-bond acceptors (Lipinski definition) is 1. The van der Waals surface area contributed by atoms with Crippen LogP contribution in [0.1, 0.15) is 67.2 Å². The van der Waals surface area contributed by atoms with Crippen LogP contribution in [0.2, 0.25) is 0 Å². The summed E-state index contributed by atoms with van der Waals surface area (Å²) >= 11 is 2.02. The molecule has 0 saturated heterocycles. The van der Waals surface area contributed by atoms with Gasteiger partial charge in [0.1, 0.15) is 0 Å². The first kappa shape index (κ1) is 25.1. The van der Waals surface area contributed by atoms with Crippen LogP contribution >= 0.6 is 11.8 Å². The van der Waals surface area contributed by atoms with Crippen LogP contribution in [0.15, 0.2) is 60.8 Å². The zero-order valence-electron chi connectivity index (χ0n) is 18.2. The highest BCUT2D eigenvalue weighted by atomic mass is 32.2. The molecule has 0 rings (SSSR count). The Morgan fingerprint density at radius 1 is 1.04 bits per heavy atom. The minimum Gasteiger partial charge on any atom is -0.154 e. The number of hydrogen-bond donors (Lipinski definition) is 0. The summed E-state index contributed by atoms with van der Waals surface area (Å²) in [6.07, 6.45) is 13.3. The number of thioether (sulfide) groups is 1. The lowest BCUT2D eigenvalue weighted by atomic mass is 9.78. The zero-order valence-corrected chi connectivity index (χ0v) is 19.0. The standard InChI is InChI=1S/C25H42S/c1-10-13-21(7)22(8)23(9)24(12-3)14-15-25(18-20(6)11-2)26-17-16-19(4)5/h11-12,14,16,21-23,25H,2-3,6,10,13,15,17-18H2,1,4-5,7-9H3. The molecule has 0 spiro atoms. The van der Waals surface area contributed by atoms with Crippen molar-refractivity contribution in [3.63, 3.8) is 0 Å². The topological polar surface area (TPSA) is 0 Å². The molecule has 0 heterocycles. The van der Waals surface area contributed by atoms with Gasteiger partial charge in [-0.2, -0.15) is 11.8 Å². The summed E-state index contributed by atoms with van der Waals surface area (Å²) in [5.74, 6) is 3.05. The van der Waals surface area contributed by atoms with Gasteiger partial charge in [0.2, 0.25) is 0 Å². The van der Waals surface area contributed by atoms with E-state index >= 15 is 0 Å². The fraction of sp³-hybridized carbons (Fsp3) is 0.600. The smallest absolute Gasteiger partial charge is 0.0125 e. The number of allylic oxidation sites excluding steroid dienone is 6. The molecule has 1 heteroatoms. The third kappa shape index (κ3) is 10.3. The van der Waals surface area contributed by atoms with Gasteiger partial charge in [0.15, 0.2) is 0 Å². The summed E-state index contributed by atoms with van der Waals surface area (Å²) < 4.78 is 0. The predicted molar refractivity (Wildman–Crippen MR) is 125 cm³/mol. The Morgan fingerprint density at radius 2 is 1.69 bits per heavy atom. The normalized spacial score (nSPS) is 16.3. The van der Waals surface area contributed by atoms with Gasteiger partial charge in [-0.15, -0.1) is 0 Å². The molecule has 0 aliphatic heterocycles. The van der Waals surface area contributed by atoms with Crippen LogP contribution in [0.25, 0.3) is 0 Å². The Balaban J connectivity index is 5.06. The third-order valence-electron chi connectivity index (χ3n) is 5.41. The molecular weight excluding hydrogens is 332 g/mol. The van der Waals surface area contributed by atoms with Crippen LogP contribution in [0, 0.1) is 17.8 Å². The summed E-state index contributed by atoms with van der Waals surface area (Å²) in [5, 5.41) is 0.543. The van der Waals surface area contributed by atoms with Crippen molar-refractivity contribution in [2.45, 2.75) is 72.5 Å². The highest BCUT2D eigenvalue weighted by Gasteiger charge is 2.20. The largest absolute Gasteiger partial charge is 0.154 e. The molecule has 0 aromatic carbocycles. The minimum absolute atomic E-state index is 0.543. The molecule has 0 radical (unpaired) electrons. The molecule has 0 fully saturated rings. The zero-order chi connectivity index (χ0) is 20.1. The quantitative estimate of drug-likeness (QED) is 0.217. The first-order chi connectivity index (χ1) is 12.3. The Kier molecular flexibility index (Phi) is 13.6. The van der Waals surface area contributed by atoms with Gasteiger partial charge in [0.05, 0.1) is 0 Å². The van der Waals surface area contributed by atoms with Gasteiger partial charge in [0, 0.05) is 11.0 Å². The van der Waals surface area contributed by atoms with Crippen LogP contribution in [0.4, 0.5) is 0 Å². The van der Waals surface area contributed by atoms with Crippen molar-refractivity contribution in [1.82, 2.24) is 0 Å². The van der Waals surface area contributed by atoms with Crippen LogP contribution in [0.3, 0.4) is 0 Å². The minimum atomic E-state index is 0.543. The van der Waals surface area contributed by atoms with E-state index in [4.69, 9.17) is 0 Å². The second-order valence-corrected chi connectivity index (χ2v) is 9.19. The van der Waals surface area contributed by atoms with Gasteiger partial charge in [0.25, 0.3) is 0 Å². The monoisotopic (exact) mass is 374 g/mol. The highest BCUT2D eigenvalue weighted by Crippen LogP contribution is 2.31. The second kappa shape index (κ2) is 14.2. The van der Waals surface area contributed by atoms with Crippen LogP contribution in [0.5, 0.6) is 0 Å². The predicted octanol–water partition coefficient (Wildman–Crippen LogP) is 8.40. The molecule has 26 heavy (non-hydrogen) atoms. The summed E-state index contributed by atoms with van der Waals surface area (Å²) in [5.41, 5.74) is 3.91. The lowest BCUT2D eigenvalue weighted by molar-refractivity contribution is 0.294. The fourth-order valence-corrected chi connectivity index (χ4v) is 4.44. The molecule has 4 atom stereocenters. The van der Waals surface area contributed by atoms with Crippen molar-refractivity contribution >= 4 is 11.8 Å². The molecule has 0 aromatic heterocycles. The van der Waals surface area contributed by atoms with Gasteiger partial charge in [-0.3, -0.25) is 0 Å². The fourth-order valence-electron chi connectivity index (χ4n) is 3.17. The van der Waals surface area contributed by atoms with E-state index in [-0.39, 0.29) is 0 Å². The molecule has 0 N–H and O–H groups in total. The summed E-state index contributed by atoms with van der Waals surface area (Å²) in [6, 6.07) is 0. The maximum Gasteiger partial charge on any atom is 0.0125 e. The Hall–Kier alpha value is -0.950. The average Bonchev–Trinajstić information content (AvgIpc) is 2.60. The number of rotatable bonds is 14. The molecule has 0 saturated carbocycles. The van der Waals surface area contributed by atoms with Gasteiger partial charge in [-0.25, -0.2) is 0 Å². The van der Waals surface area contributed by atoms with E-state index in [1.54, 1.807) is 0 Å². The van der Waals surface area contributed by atoms with Gasteiger partial charge in [-0.05, 0) is 50.0 Å². The maximum absolute atomic E-state index is 4.12. The SMILES string of the molecule is C=CC(=C)CC(CC=C(C=C)C(C)C(C)C(C)CCC)SCC=C(C)C. The summed E-state index contributed by atoms with van der Waals surface area (Å²) in [7, 11) is 0. The first-order valence-electron chi connectivity index (χ1n) is 10.1. The van der Waals surface area contributed by atoms with E-state index in [2.05, 4.69) is 79.5 Å². The molecule has 0 aliphatic carbocycles. The molecule has 0 aliphatic rings.